The molecule has 0 amide bonds. The van der Waals surface area contributed by atoms with Crippen molar-refractivity contribution in [2.45, 2.75) is 6.92 Å². The molecule has 3 aromatic carbocycles. The molecule has 0 atom stereocenters. The minimum atomic E-state index is 0.708. The first-order valence-electron chi connectivity index (χ1n) is 8.47. The Hall–Kier alpha value is -3.40. The van der Waals surface area contributed by atoms with Crippen LogP contribution in [0.3, 0.4) is 0 Å². The van der Waals surface area contributed by atoms with Crippen LogP contribution in [0.15, 0.2) is 71.8 Å². The van der Waals surface area contributed by atoms with Crippen LogP contribution in [0.1, 0.15) is 11.1 Å². The average Bonchev–Trinajstić information content (AvgIpc) is 2.68. The van der Waals surface area contributed by atoms with E-state index >= 15 is 0 Å². The zero-order valence-electron chi connectivity index (χ0n) is 14.7. The van der Waals surface area contributed by atoms with E-state index in [4.69, 9.17) is 4.74 Å². The molecular formula is C22H19N3O. The Morgan fingerprint density at radius 3 is 2.69 bits per heavy atom. The number of anilines is 1. The lowest BCUT2D eigenvalue weighted by atomic mass is 10.1. The second-order valence-electron chi connectivity index (χ2n) is 6.15. The smallest absolute Gasteiger partial charge is 0.147 e. The summed E-state index contributed by atoms with van der Waals surface area (Å²) >= 11 is 0. The fourth-order valence-corrected chi connectivity index (χ4v) is 3.10. The summed E-state index contributed by atoms with van der Waals surface area (Å²) in [5.41, 5.74) is 6.13. The zero-order chi connectivity index (χ0) is 17.9. The van der Waals surface area contributed by atoms with Gasteiger partial charge in [-0.3, -0.25) is 5.43 Å². The van der Waals surface area contributed by atoms with Crippen molar-refractivity contribution in [2.24, 2.45) is 5.10 Å². The number of pyridine rings is 1. The highest BCUT2D eigenvalue weighted by atomic mass is 16.5. The first-order chi connectivity index (χ1) is 12.7. The molecule has 0 bridgehead atoms. The summed E-state index contributed by atoms with van der Waals surface area (Å²) in [6.07, 6.45) is 1.83. The molecule has 0 unspecified atom stereocenters. The van der Waals surface area contributed by atoms with Gasteiger partial charge in [-0.05, 0) is 41.5 Å². The van der Waals surface area contributed by atoms with E-state index in [0.29, 0.717) is 5.82 Å². The molecule has 0 saturated heterocycles. The van der Waals surface area contributed by atoms with Gasteiger partial charge < -0.3 is 4.74 Å². The molecule has 4 aromatic rings. The van der Waals surface area contributed by atoms with E-state index < -0.39 is 0 Å². The highest BCUT2D eigenvalue weighted by Gasteiger charge is 2.04. The number of aryl methyl sites for hydroxylation is 1. The number of fused-ring (bicyclic) bond motifs is 2. The molecule has 1 N–H and O–H groups in total. The monoisotopic (exact) mass is 341 g/mol. The number of benzene rings is 3. The average molecular weight is 341 g/mol. The van der Waals surface area contributed by atoms with Crippen molar-refractivity contribution < 1.29 is 4.74 Å². The summed E-state index contributed by atoms with van der Waals surface area (Å²) in [7, 11) is 1.66. The first-order valence-corrected chi connectivity index (χ1v) is 8.47. The topological polar surface area (TPSA) is 46.5 Å². The molecular weight excluding hydrogens is 322 g/mol. The molecule has 0 aliphatic carbocycles. The molecule has 0 radical (unpaired) electrons. The van der Waals surface area contributed by atoms with Crippen molar-refractivity contribution in [1.82, 2.24) is 4.98 Å². The van der Waals surface area contributed by atoms with E-state index in [9.17, 15) is 0 Å². The number of hydrazone groups is 1. The Labute approximate surface area is 152 Å². The van der Waals surface area contributed by atoms with Crippen LogP contribution in [0, 0.1) is 6.92 Å². The number of aromatic nitrogens is 1. The summed E-state index contributed by atoms with van der Waals surface area (Å²) in [6.45, 7) is 2.07. The highest BCUT2D eigenvalue weighted by molar-refractivity contribution is 5.99. The number of methoxy groups -OCH3 is 1. The van der Waals surface area contributed by atoms with Crippen LogP contribution >= 0.6 is 0 Å². The molecule has 0 aliphatic heterocycles. The lowest BCUT2D eigenvalue weighted by molar-refractivity contribution is 0.415. The van der Waals surface area contributed by atoms with Crippen LogP contribution in [-0.4, -0.2) is 18.3 Å². The largest absolute Gasteiger partial charge is 0.497 e. The van der Waals surface area contributed by atoms with Crippen LogP contribution < -0.4 is 10.2 Å². The molecule has 1 aromatic heterocycles. The molecule has 0 fully saturated rings. The summed E-state index contributed by atoms with van der Waals surface area (Å²) in [4.78, 5) is 4.63. The Balaban J connectivity index is 1.63. The third-order valence-electron chi connectivity index (χ3n) is 4.43. The third-order valence-corrected chi connectivity index (χ3v) is 4.43. The minimum Gasteiger partial charge on any atom is -0.497 e. The number of hydrogen-bond donors (Lipinski definition) is 1. The highest BCUT2D eigenvalue weighted by Crippen LogP contribution is 2.24. The van der Waals surface area contributed by atoms with E-state index in [2.05, 4.69) is 46.7 Å². The van der Waals surface area contributed by atoms with Gasteiger partial charge in [0.2, 0.25) is 0 Å². The van der Waals surface area contributed by atoms with E-state index in [1.54, 1.807) is 7.11 Å². The molecule has 1 heterocycles. The van der Waals surface area contributed by atoms with Crippen LogP contribution in [0.4, 0.5) is 5.82 Å². The van der Waals surface area contributed by atoms with Crippen molar-refractivity contribution in [3.05, 3.63) is 77.9 Å². The van der Waals surface area contributed by atoms with Crippen molar-refractivity contribution >= 4 is 33.7 Å². The van der Waals surface area contributed by atoms with Crippen LogP contribution in [0.25, 0.3) is 21.7 Å². The molecule has 128 valence electrons. The maximum absolute atomic E-state index is 5.29. The van der Waals surface area contributed by atoms with Gasteiger partial charge in [-0.2, -0.15) is 5.10 Å². The predicted molar refractivity (Wildman–Crippen MR) is 108 cm³/mol. The molecule has 4 nitrogen and oxygen atoms in total. The van der Waals surface area contributed by atoms with E-state index in [0.717, 1.165) is 27.8 Å². The maximum atomic E-state index is 5.29. The van der Waals surface area contributed by atoms with Crippen LogP contribution in [-0.2, 0) is 0 Å². The SMILES string of the molecule is COc1ccc2c(C)cc(NN=Cc3cccc4ccccc34)nc2c1. The van der Waals surface area contributed by atoms with Crippen molar-refractivity contribution in [3.63, 3.8) is 0 Å². The van der Waals surface area contributed by atoms with E-state index in [-0.39, 0.29) is 0 Å². The van der Waals surface area contributed by atoms with Gasteiger partial charge in [-0.1, -0.05) is 42.5 Å². The summed E-state index contributed by atoms with van der Waals surface area (Å²) in [5, 5.41) is 7.86. The Kier molecular flexibility index (Phi) is 4.23. The van der Waals surface area contributed by atoms with Crippen molar-refractivity contribution in [1.29, 1.82) is 0 Å². The Morgan fingerprint density at radius 1 is 0.962 bits per heavy atom. The fraction of sp³-hybridized carbons (Fsp3) is 0.0909. The maximum Gasteiger partial charge on any atom is 0.147 e. The summed E-state index contributed by atoms with van der Waals surface area (Å²) in [6, 6.07) is 22.4. The number of nitrogens with one attached hydrogen (secondary N) is 1. The number of rotatable bonds is 4. The standard InChI is InChI=1S/C22H19N3O/c1-15-12-22(24-21-13-18(26-2)10-11-19(15)21)25-23-14-17-8-5-7-16-6-3-4-9-20(16)17/h3-14H,1-2H3,(H,24,25). The van der Waals surface area contributed by atoms with Gasteiger partial charge in [0.05, 0.1) is 18.8 Å². The first kappa shape index (κ1) is 16.1. The van der Waals surface area contributed by atoms with Gasteiger partial charge in [-0.15, -0.1) is 0 Å². The van der Waals surface area contributed by atoms with Crippen LogP contribution in [0.5, 0.6) is 5.75 Å². The molecule has 4 rings (SSSR count). The van der Waals surface area contributed by atoms with Crippen molar-refractivity contribution in [3.8, 4) is 5.75 Å². The van der Waals surface area contributed by atoms with Gasteiger partial charge in [0, 0.05) is 17.0 Å². The van der Waals surface area contributed by atoms with Crippen LogP contribution in [0.2, 0.25) is 0 Å². The van der Waals surface area contributed by atoms with Gasteiger partial charge in [0.1, 0.15) is 11.6 Å². The second-order valence-corrected chi connectivity index (χ2v) is 6.15. The lowest BCUT2D eigenvalue weighted by Gasteiger charge is -2.07. The zero-order valence-corrected chi connectivity index (χ0v) is 14.7. The number of ether oxygens (including phenoxy) is 1. The van der Waals surface area contributed by atoms with Gasteiger partial charge >= 0.3 is 0 Å². The van der Waals surface area contributed by atoms with Gasteiger partial charge in [0.15, 0.2) is 0 Å². The van der Waals surface area contributed by atoms with E-state index in [1.807, 2.05) is 48.7 Å². The molecule has 4 heteroatoms. The number of nitrogens with zero attached hydrogens (tertiary/aromatic N) is 2. The summed E-state index contributed by atoms with van der Waals surface area (Å²) in [5.74, 6) is 1.50. The molecule has 0 saturated carbocycles. The molecule has 0 spiro atoms. The predicted octanol–water partition coefficient (Wildman–Crippen LogP) is 5.15. The Bertz CT molecular complexity index is 1110. The molecule has 0 aliphatic rings. The summed E-state index contributed by atoms with van der Waals surface area (Å²) < 4.78 is 5.29. The fourth-order valence-electron chi connectivity index (χ4n) is 3.10. The quantitative estimate of drug-likeness (QED) is 0.412. The normalized spacial score (nSPS) is 11.3. The second kappa shape index (κ2) is 6.84. The van der Waals surface area contributed by atoms with E-state index in [1.165, 1.54) is 10.8 Å². The van der Waals surface area contributed by atoms with Gasteiger partial charge in [-0.25, -0.2) is 4.98 Å². The lowest BCUT2D eigenvalue weighted by Crippen LogP contribution is -1.96. The third kappa shape index (κ3) is 3.09. The van der Waals surface area contributed by atoms with Crippen molar-refractivity contribution in [2.75, 3.05) is 12.5 Å². The Morgan fingerprint density at radius 2 is 1.81 bits per heavy atom. The molecule has 26 heavy (non-hydrogen) atoms. The minimum absolute atomic E-state index is 0.708. The van der Waals surface area contributed by atoms with Gasteiger partial charge in [0.25, 0.3) is 0 Å². The number of hydrogen-bond acceptors (Lipinski definition) is 4.